The lowest BCUT2D eigenvalue weighted by Crippen LogP contribution is -2.38. The van der Waals surface area contributed by atoms with Gasteiger partial charge in [0.1, 0.15) is 0 Å². The van der Waals surface area contributed by atoms with E-state index in [9.17, 15) is 13.6 Å². The Bertz CT molecular complexity index is 199. The van der Waals surface area contributed by atoms with Gasteiger partial charge in [0.2, 0.25) is 0 Å². The van der Waals surface area contributed by atoms with Gasteiger partial charge >= 0.3 is 6.43 Å². The lowest BCUT2D eigenvalue weighted by atomic mass is 10.1. The third-order valence-corrected chi connectivity index (χ3v) is 2.46. The van der Waals surface area contributed by atoms with Crippen molar-refractivity contribution in [1.29, 1.82) is 0 Å². The Labute approximate surface area is 75.9 Å². The predicted molar refractivity (Wildman–Crippen MR) is 44.3 cm³/mol. The molecule has 0 saturated carbocycles. The summed E-state index contributed by atoms with van der Waals surface area (Å²) in [5.41, 5.74) is 5.41. The maximum atomic E-state index is 12.1. The van der Waals surface area contributed by atoms with Crippen LogP contribution in [0.15, 0.2) is 0 Å². The van der Waals surface area contributed by atoms with Gasteiger partial charge in [0.15, 0.2) is 0 Å². The van der Waals surface area contributed by atoms with Gasteiger partial charge in [-0.2, -0.15) is 8.78 Å². The number of hydrogen-bond acceptors (Lipinski definition) is 2. The molecule has 1 saturated heterocycles. The third-order valence-electron chi connectivity index (χ3n) is 2.46. The molecule has 5 heteroatoms. The molecule has 0 aromatic heterocycles. The second-order valence-corrected chi connectivity index (χ2v) is 3.48. The highest BCUT2D eigenvalue weighted by molar-refractivity contribution is 5.79. The SMILES string of the molecule is CC1CC(CN)CN1C(=O)C(F)F. The molecule has 1 aliphatic heterocycles. The zero-order valence-corrected chi connectivity index (χ0v) is 7.54. The van der Waals surface area contributed by atoms with Crippen molar-refractivity contribution in [3.63, 3.8) is 0 Å². The Balaban J connectivity index is 2.57. The number of hydrogen-bond donors (Lipinski definition) is 1. The first-order chi connectivity index (χ1) is 6.06. The van der Waals surface area contributed by atoms with E-state index in [0.29, 0.717) is 13.1 Å². The summed E-state index contributed by atoms with van der Waals surface area (Å²) in [6.45, 7) is 2.61. The van der Waals surface area contributed by atoms with Crippen LogP contribution in [-0.4, -0.2) is 36.4 Å². The molecule has 0 aromatic rings. The summed E-state index contributed by atoms with van der Waals surface area (Å²) in [4.78, 5) is 12.2. The fraction of sp³-hybridized carbons (Fsp3) is 0.875. The van der Waals surface area contributed by atoms with Crippen LogP contribution in [0.5, 0.6) is 0 Å². The Morgan fingerprint density at radius 2 is 2.31 bits per heavy atom. The molecule has 1 aliphatic rings. The molecule has 0 spiro atoms. The van der Waals surface area contributed by atoms with Crippen LogP contribution in [0.2, 0.25) is 0 Å². The molecule has 3 nitrogen and oxygen atoms in total. The molecule has 2 N–H and O–H groups in total. The number of carbonyl (C=O) groups excluding carboxylic acids is 1. The molecule has 13 heavy (non-hydrogen) atoms. The molecule has 1 heterocycles. The molecule has 2 atom stereocenters. The molecule has 76 valence electrons. The molecule has 1 amide bonds. The van der Waals surface area contributed by atoms with Crippen LogP contribution in [0, 0.1) is 5.92 Å². The van der Waals surface area contributed by atoms with E-state index in [1.807, 2.05) is 0 Å². The number of alkyl halides is 2. The van der Waals surface area contributed by atoms with E-state index in [2.05, 4.69) is 0 Å². The van der Waals surface area contributed by atoms with Crippen LogP contribution in [0.3, 0.4) is 0 Å². The van der Waals surface area contributed by atoms with E-state index in [1.165, 1.54) is 4.90 Å². The van der Waals surface area contributed by atoms with Crippen molar-refractivity contribution >= 4 is 5.91 Å². The second-order valence-electron chi connectivity index (χ2n) is 3.48. The lowest BCUT2D eigenvalue weighted by molar-refractivity contribution is -0.143. The molecule has 1 rings (SSSR count). The highest BCUT2D eigenvalue weighted by Crippen LogP contribution is 2.23. The minimum Gasteiger partial charge on any atom is -0.335 e. The van der Waals surface area contributed by atoms with Crippen molar-refractivity contribution in [3.8, 4) is 0 Å². The molecule has 0 radical (unpaired) electrons. The van der Waals surface area contributed by atoms with Crippen molar-refractivity contribution in [2.45, 2.75) is 25.8 Å². The molecule has 1 fully saturated rings. The van der Waals surface area contributed by atoms with Gasteiger partial charge in [0.05, 0.1) is 0 Å². The highest BCUT2D eigenvalue weighted by atomic mass is 19.3. The summed E-state index contributed by atoms with van der Waals surface area (Å²) in [6, 6.07) is -0.102. The second kappa shape index (κ2) is 4.00. The number of likely N-dealkylation sites (tertiary alicyclic amines) is 1. The summed E-state index contributed by atoms with van der Waals surface area (Å²) < 4.78 is 24.1. The highest BCUT2D eigenvalue weighted by Gasteiger charge is 2.35. The van der Waals surface area contributed by atoms with E-state index in [4.69, 9.17) is 5.73 Å². The fourth-order valence-corrected chi connectivity index (χ4v) is 1.75. The van der Waals surface area contributed by atoms with Gasteiger partial charge in [0, 0.05) is 12.6 Å². The van der Waals surface area contributed by atoms with Crippen LogP contribution >= 0.6 is 0 Å². The number of rotatable bonds is 2. The van der Waals surface area contributed by atoms with Crippen LogP contribution in [0.4, 0.5) is 8.78 Å². The largest absolute Gasteiger partial charge is 0.335 e. The van der Waals surface area contributed by atoms with Crippen LogP contribution in [-0.2, 0) is 4.79 Å². The van der Waals surface area contributed by atoms with Gasteiger partial charge in [-0.3, -0.25) is 4.79 Å². The van der Waals surface area contributed by atoms with E-state index < -0.39 is 12.3 Å². The predicted octanol–water partition coefficient (Wildman–Crippen LogP) is 0.447. The number of carbonyl (C=O) groups is 1. The average molecular weight is 192 g/mol. The van der Waals surface area contributed by atoms with Gasteiger partial charge in [-0.25, -0.2) is 0 Å². The third kappa shape index (κ3) is 2.15. The monoisotopic (exact) mass is 192 g/mol. The topological polar surface area (TPSA) is 46.3 Å². The molecular formula is C8H14F2N2O. The van der Waals surface area contributed by atoms with Crippen molar-refractivity contribution in [2.24, 2.45) is 11.7 Å². The summed E-state index contributed by atoms with van der Waals surface area (Å²) in [7, 11) is 0. The summed E-state index contributed by atoms with van der Waals surface area (Å²) >= 11 is 0. The number of amides is 1. The normalized spacial score (nSPS) is 28.5. The molecular weight excluding hydrogens is 178 g/mol. The summed E-state index contributed by atoms with van der Waals surface area (Å²) in [6.07, 6.45) is -2.16. The molecule has 0 bridgehead atoms. The van der Waals surface area contributed by atoms with E-state index >= 15 is 0 Å². The average Bonchev–Trinajstić information content (AvgIpc) is 2.45. The Hall–Kier alpha value is -0.710. The van der Waals surface area contributed by atoms with Crippen LogP contribution < -0.4 is 5.73 Å². The van der Waals surface area contributed by atoms with Gasteiger partial charge in [-0.15, -0.1) is 0 Å². The summed E-state index contributed by atoms with van der Waals surface area (Å²) in [5, 5.41) is 0. The lowest BCUT2D eigenvalue weighted by Gasteiger charge is -2.20. The number of nitrogens with zero attached hydrogens (tertiary/aromatic N) is 1. The quantitative estimate of drug-likeness (QED) is 0.690. The van der Waals surface area contributed by atoms with E-state index in [-0.39, 0.29) is 12.0 Å². The summed E-state index contributed by atoms with van der Waals surface area (Å²) in [5.74, 6) is -0.888. The first-order valence-corrected chi connectivity index (χ1v) is 4.35. The zero-order valence-electron chi connectivity index (χ0n) is 7.54. The van der Waals surface area contributed by atoms with Crippen molar-refractivity contribution in [3.05, 3.63) is 0 Å². The standard InChI is InChI=1S/C8H14F2N2O/c1-5-2-6(3-11)4-12(5)8(13)7(9)10/h5-7H,2-4,11H2,1H3. The maximum absolute atomic E-state index is 12.1. The molecule has 0 aliphatic carbocycles. The van der Waals surface area contributed by atoms with Crippen molar-refractivity contribution in [2.75, 3.05) is 13.1 Å². The number of nitrogens with two attached hydrogens (primary N) is 1. The fourth-order valence-electron chi connectivity index (χ4n) is 1.75. The van der Waals surface area contributed by atoms with Crippen molar-refractivity contribution < 1.29 is 13.6 Å². The van der Waals surface area contributed by atoms with E-state index in [0.717, 1.165) is 6.42 Å². The zero-order chi connectivity index (χ0) is 10.0. The minimum atomic E-state index is -2.89. The first kappa shape index (κ1) is 10.4. The smallest absolute Gasteiger partial charge is 0.315 e. The molecule has 2 unspecified atom stereocenters. The van der Waals surface area contributed by atoms with E-state index in [1.54, 1.807) is 6.92 Å². The van der Waals surface area contributed by atoms with Gasteiger partial charge < -0.3 is 10.6 Å². The van der Waals surface area contributed by atoms with Crippen LogP contribution in [0.1, 0.15) is 13.3 Å². The minimum absolute atomic E-state index is 0.102. The Morgan fingerprint density at radius 1 is 1.69 bits per heavy atom. The Morgan fingerprint density at radius 3 is 2.69 bits per heavy atom. The van der Waals surface area contributed by atoms with Gasteiger partial charge in [-0.1, -0.05) is 0 Å². The molecule has 0 aromatic carbocycles. The van der Waals surface area contributed by atoms with Crippen LogP contribution in [0.25, 0.3) is 0 Å². The van der Waals surface area contributed by atoms with Crippen molar-refractivity contribution in [1.82, 2.24) is 4.90 Å². The number of halogens is 2. The maximum Gasteiger partial charge on any atom is 0.315 e. The Kier molecular flexibility index (Phi) is 3.19. The first-order valence-electron chi connectivity index (χ1n) is 4.35. The van der Waals surface area contributed by atoms with Gasteiger partial charge in [-0.05, 0) is 25.8 Å². The van der Waals surface area contributed by atoms with Gasteiger partial charge in [0.25, 0.3) is 5.91 Å².